The van der Waals surface area contributed by atoms with Crippen molar-refractivity contribution in [3.05, 3.63) is 41.5 Å². The number of carbonyl (C=O) groups is 1. The Labute approximate surface area is 145 Å². The average Bonchev–Trinajstić information content (AvgIpc) is 2.64. The Kier molecular flexibility index (Phi) is 4.70. The third-order valence-corrected chi connectivity index (χ3v) is 4.31. The minimum absolute atomic E-state index is 0.0822. The number of ether oxygens (including phenoxy) is 4. The molecule has 0 radical (unpaired) electrons. The molecule has 2 aromatic rings. The number of phenols is 1. The molecular formula is C19H20O6. The maximum absolute atomic E-state index is 12.9. The minimum atomic E-state index is -0.359. The van der Waals surface area contributed by atoms with Crippen LogP contribution in [0.2, 0.25) is 0 Å². The van der Waals surface area contributed by atoms with Crippen molar-refractivity contribution in [2.75, 3.05) is 27.9 Å². The van der Waals surface area contributed by atoms with Crippen LogP contribution in [0, 0.1) is 5.92 Å². The van der Waals surface area contributed by atoms with Gasteiger partial charge in [-0.15, -0.1) is 0 Å². The van der Waals surface area contributed by atoms with Crippen LogP contribution in [0.25, 0.3) is 0 Å². The summed E-state index contributed by atoms with van der Waals surface area (Å²) in [7, 11) is 4.44. The molecule has 1 aliphatic rings. The van der Waals surface area contributed by atoms with Crippen LogP contribution in [0.4, 0.5) is 0 Å². The second-order valence-electron chi connectivity index (χ2n) is 5.76. The van der Waals surface area contributed by atoms with E-state index in [1.165, 1.54) is 20.3 Å². The van der Waals surface area contributed by atoms with Crippen LogP contribution < -0.4 is 18.9 Å². The van der Waals surface area contributed by atoms with Crippen molar-refractivity contribution in [1.82, 2.24) is 0 Å². The number of phenolic OH excluding ortho intramolecular Hbond substituents is 1. The molecule has 132 valence electrons. The van der Waals surface area contributed by atoms with Crippen LogP contribution >= 0.6 is 0 Å². The molecular weight excluding hydrogens is 324 g/mol. The molecule has 3 rings (SSSR count). The van der Waals surface area contributed by atoms with E-state index in [1.54, 1.807) is 7.11 Å². The zero-order valence-corrected chi connectivity index (χ0v) is 14.4. The number of aromatic hydroxyl groups is 1. The molecule has 25 heavy (non-hydrogen) atoms. The van der Waals surface area contributed by atoms with Gasteiger partial charge < -0.3 is 24.1 Å². The Morgan fingerprint density at radius 3 is 2.44 bits per heavy atom. The summed E-state index contributed by atoms with van der Waals surface area (Å²) in [6, 6.07) is 9.06. The summed E-state index contributed by atoms with van der Waals surface area (Å²) in [5.41, 5.74) is 1.26. The van der Waals surface area contributed by atoms with Crippen molar-refractivity contribution < 1.29 is 28.8 Å². The third-order valence-electron chi connectivity index (χ3n) is 4.31. The van der Waals surface area contributed by atoms with Crippen molar-refractivity contribution in [3.63, 3.8) is 0 Å². The van der Waals surface area contributed by atoms with Gasteiger partial charge in [0.15, 0.2) is 17.3 Å². The van der Waals surface area contributed by atoms with Crippen LogP contribution in [-0.4, -0.2) is 38.8 Å². The van der Waals surface area contributed by atoms with Crippen molar-refractivity contribution in [3.8, 4) is 28.7 Å². The summed E-state index contributed by atoms with van der Waals surface area (Å²) in [5, 5.41) is 10.2. The summed E-state index contributed by atoms with van der Waals surface area (Å²) < 4.78 is 21.2. The summed E-state index contributed by atoms with van der Waals surface area (Å²) in [4.78, 5) is 12.9. The Morgan fingerprint density at radius 2 is 1.84 bits per heavy atom. The molecule has 0 amide bonds. The van der Waals surface area contributed by atoms with E-state index in [9.17, 15) is 9.90 Å². The van der Waals surface area contributed by atoms with Gasteiger partial charge in [0.05, 0.1) is 33.9 Å². The molecule has 1 atom stereocenters. The normalized spacial score (nSPS) is 16.0. The van der Waals surface area contributed by atoms with Crippen LogP contribution in [0.15, 0.2) is 30.3 Å². The summed E-state index contributed by atoms with van der Waals surface area (Å²) in [6.07, 6.45) is 0.526. The fraction of sp³-hybridized carbons (Fsp3) is 0.316. The van der Waals surface area contributed by atoms with Gasteiger partial charge in [-0.3, -0.25) is 4.79 Å². The quantitative estimate of drug-likeness (QED) is 0.899. The number of methoxy groups -OCH3 is 3. The lowest BCUT2D eigenvalue weighted by Crippen LogP contribution is -2.30. The smallest absolute Gasteiger partial charge is 0.201 e. The number of fused-ring (bicyclic) bond motifs is 1. The summed E-state index contributed by atoms with van der Waals surface area (Å²) in [6.45, 7) is 0.259. The molecule has 6 nitrogen and oxygen atoms in total. The molecule has 6 heteroatoms. The standard InChI is InChI=1S/C19H20O6/c1-22-13-6-4-11(5-7-13)8-12-10-25-14-9-15(23-2)18(21)19(24-3)16(14)17(12)20/h4-7,9,12,21H,8,10H2,1-3H3/t12-/m0/s1. The van der Waals surface area contributed by atoms with E-state index in [0.29, 0.717) is 12.2 Å². The van der Waals surface area contributed by atoms with Gasteiger partial charge in [-0.1, -0.05) is 12.1 Å². The summed E-state index contributed by atoms with van der Waals surface area (Å²) in [5.74, 6) is 0.734. The Morgan fingerprint density at radius 1 is 1.12 bits per heavy atom. The molecule has 0 saturated carbocycles. The third kappa shape index (κ3) is 3.07. The zero-order chi connectivity index (χ0) is 18.0. The zero-order valence-electron chi connectivity index (χ0n) is 14.4. The molecule has 1 heterocycles. The summed E-state index contributed by atoms with van der Waals surface area (Å²) >= 11 is 0. The van der Waals surface area contributed by atoms with Gasteiger partial charge in [0.1, 0.15) is 17.1 Å². The second kappa shape index (κ2) is 6.93. The van der Waals surface area contributed by atoms with Crippen LogP contribution in [0.3, 0.4) is 0 Å². The van der Waals surface area contributed by atoms with Crippen molar-refractivity contribution in [2.24, 2.45) is 5.92 Å². The van der Waals surface area contributed by atoms with Crippen molar-refractivity contribution in [2.45, 2.75) is 6.42 Å². The Hall–Kier alpha value is -2.89. The first-order valence-electron chi connectivity index (χ1n) is 7.87. The lowest BCUT2D eigenvalue weighted by Gasteiger charge is -2.26. The first kappa shape index (κ1) is 17.0. The number of hydrogen-bond acceptors (Lipinski definition) is 6. The topological polar surface area (TPSA) is 74.2 Å². The van der Waals surface area contributed by atoms with Crippen molar-refractivity contribution in [1.29, 1.82) is 0 Å². The highest BCUT2D eigenvalue weighted by Crippen LogP contribution is 2.47. The van der Waals surface area contributed by atoms with Crippen LogP contribution in [-0.2, 0) is 6.42 Å². The van der Waals surface area contributed by atoms with E-state index in [-0.39, 0.29) is 41.1 Å². The van der Waals surface area contributed by atoms with Gasteiger partial charge in [0.2, 0.25) is 5.75 Å². The van der Waals surface area contributed by atoms with Gasteiger partial charge in [-0.25, -0.2) is 0 Å². The van der Waals surface area contributed by atoms with Crippen LogP contribution in [0.5, 0.6) is 28.7 Å². The molecule has 1 N–H and O–H groups in total. The molecule has 0 fully saturated rings. The van der Waals surface area contributed by atoms with Gasteiger partial charge in [-0.05, 0) is 24.1 Å². The number of carbonyl (C=O) groups excluding carboxylic acids is 1. The molecule has 0 aliphatic carbocycles. The maximum Gasteiger partial charge on any atom is 0.201 e. The van der Waals surface area contributed by atoms with E-state index >= 15 is 0 Å². The highest BCUT2D eigenvalue weighted by molar-refractivity contribution is 6.05. The maximum atomic E-state index is 12.9. The van der Waals surface area contributed by atoms with E-state index in [2.05, 4.69) is 0 Å². The first-order valence-corrected chi connectivity index (χ1v) is 7.87. The number of rotatable bonds is 5. The Balaban J connectivity index is 1.91. The average molecular weight is 344 g/mol. The molecule has 0 unspecified atom stereocenters. The van der Waals surface area contributed by atoms with Gasteiger partial charge in [0, 0.05) is 6.07 Å². The number of ketones is 1. The molecule has 0 spiro atoms. The number of hydrogen-bond donors (Lipinski definition) is 1. The van der Waals surface area contributed by atoms with E-state index in [1.807, 2.05) is 24.3 Å². The lowest BCUT2D eigenvalue weighted by molar-refractivity contribution is 0.0824. The highest BCUT2D eigenvalue weighted by atomic mass is 16.5. The van der Waals surface area contributed by atoms with E-state index < -0.39 is 0 Å². The fourth-order valence-electron chi connectivity index (χ4n) is 2.97. The number of Topliss-reactive ketones (excluding diaryl/α,β-unsaturated/α-hetero) is 1. The Bertz CT molecular complexity index is 781. The first-order chi connectivity index (χ1) is 12.1. The van der Waals surface area contributed by atoms with E-state index in [4.69, 9.17) is 18.9 Å². The van der Waals surface area contributed by atoms with E-state index in [0.717, 1.165) is 11.3 Å². The van der Waals surface area contributed by atoms with Gasteiger partial charge in [-0.2, -0.15) is 0 Å². The second-order valence-corrected chi connectivity index (χ2v) is 5.76. The minimum Gasteiger partial charge on any atom is -0.502 e. The predicted molar refractivity (Wildman–Crippen MR) is 91.2 cm³/mol. The molecule has 0 aromatic heterocycles. The largest absolute Gasteiger partial charge is 0.502 e. The van der Waals surface area contributed by atoms with Crippen LogP contribution in [0.1, 0.15) is 15.9 Å². The molecule has 0 bridgehead atoms. The fourth-order valence-corrected chi connectivity index (χ4v) is 2.97. The SMILES string of the molecule is COc1ccc(C[C@H]2COc3cc(OC)c(O)c(OC)c3C2=O)cc1. The van der Waals surface area contributed by atoms with Gasteiger partial charge >= 0.3 is 0 Å². The highest BCUT2D eigenvalue weighted by Gasteiger charge is 2.34. The van der Waals surface area contributed by atoms with Gasteiger partial charge in [0.25, 0.3) is 0 Å². The lowest BCUT2D eigenvalue weighted by atomic mass is 9.89. The molecule has 1 aliphatic heterocycles. The predicted octanol–water partition coefficient (Wildman–Crippen LogP) is 2.85. The van der Waals surface area contributed by atoms with Crippen molar-refractivity contribution >= 4 is 5.78 Å². The number of benzene rings is 2. The monoisotopic (exact) mass is 344 g/mol. The molecule has 2 aromatic carbocycles. The molecule has 0 saturated heterocycles.